The lowest BCUT2D eigenvalue weighted by Gasteiger charge is -2.40. The van der Waals surface area contributed by atoms with Gasteiger partial charge in [-0.2, -0.15) is 0 Å². The summed E-state index contributed by atoms with van der Waals surface area (Å²) in [5.74, 6) is -0.565. The summed E-state index contributed by atoms with van der Waals surface area (Å²) in [6.45, 7) is 1.52. The van der Waals surface area contributed by atoms with Crippen LogP contribution in [0.4, 0.5) is 0 Å². The van der Waals surface area contributed by atoms with Crippen molar-refractivity contribution in [3.63, 3.8) is 0 Å². The van der Waals surface area contributed by atoms with Gasteiger partial charge in [0.05, 0.1) is 7.11 Å². The van der Waals surface area contributed by atoms with Crippen LogP contribution in [-0.2, 0) is 32.2 Å². The predicted molar refractivity (Wildman–Crippen MR) is 145 cm³/mol. The van der Waals surface area contributed by atoms with Gasteiger partial charge in [0.25, 0.3) is 5.91 Å². The van der Waals surface area contributed by atoms with Gasteiger partial charge in [-0.3, -0.25) is 19.5 Å². The van der Waals surface area contributed by atoms with Gasteiger partial charge in [-0.15, -0.1) is 11.3 Å². The quantitative estimate of drug-likeness (QED) is 0.354. The molecule has 1 aliphatic rings. The number of amides is 1. The Hall–Kier alpha value is -2.63. The summed E-state index contributed by atoms with van der Waals surface area (Å²) in [6.07, 6.45) is 0.659. The third-order valence-electron chi connectivity index (χ3n) is 6.32. The van der Waals surface area contributed by atoms with Crippen LogP contribution in [0.1, 0.15) is 35.1 Å². The lowest BCUT2D eigenvalue weighted by atomic mass is 10.0. The molecule has 1 amide bonds. The van der Waals surface area contributed by atoms with Crippen molar-refractivity contribution in [3.8, 4) is 0 Å². The van der Waals surface area contributed by atoms with Crippen LogP contribution in [0.2, 0.25) is 0 Å². The van der Waals surface area contributed by atoms with Gasteiger partial charge < -0.3 is 9.47 Å². The smallest absolute Gasteiger partial charge is 0.324 e. The van der Waals surface area contributed by atoms with Gasteiger partial charge in [0.1, 0.15) is 27.8 Å². The summed E-state index contributed by atoms with van der Waals surface area (Å²) in [4.78, 5) is 33.3. The Balaban J connectivity index is 1.73. The first-order valence-corrected chi connectivity index (χ1v) is 13.8. The number of methoxy groups -OCH3 is 2. The Labute approximate surface area is 229 Å². The molecule has 8 nitrogen and oxygen atoms in total. The second-order valence-corrected chi connectivity index (χ2v) is 10.5. The number of rotatable bonds is 10. The highest BCUT2D eigenvalue weighted by Crippen LogP contribution is 2.32. The molecule has 10 heteroatoms. The summed E-state index contributed by atoms with van der Waals surface area (Å²) in [5, 5.41) is 4.13. The molecule has 1 aromatic heterocycles. The molecule has 1 saturated heterocycles. The molecule has 2 heterocycles. The molecule has 37 heavy (non-hydrogen) atoms. The highest BCUT2D eigenvalue weighted by molar-refractivity contribution is 9.10. The number of aromatic nitrogens is 1. The van der Waals surface area contributed by atoms with Gasteiger partial charge in [0.2, 0.25) is 0 Å². The number of hydrazine groups is 1. The molecule has 0 saturated carbocycles. The molecule has 2 aromatic carbocycles. The molecule has 0 aliphatic carbocycles. The lowest BCUT2D eigenvalue weighted by molar-refractivity contribution is -0.155. The Kier molecular flexibility index (Phi) is 9.81. The minimum absolute atomic E-state index is 0.182. The average Bonchev–Trinajstić information content (AvgIpc) is 3.37. The molecule has 0 bridgehead atoms. The van der Waals surface area contributed by atoms with Gasteiger partial charge in [-0.05, 0) is 39.9 Å². The molecule has 1 aliphatic heterocycles. The van der Waals surface area contributed by atoms with Crippen molar-refractivity contribution in [2.24, 2.45) is 0 Å². The third-order valence-corrected chi connectivity index (χ3v) is 7.93. The molecule has 0 radical (unpaired) electrons. The number of benzene rings is 2. The minimum Gasteiger partial charge on any atom is -0.468 e. The average molecular weight is 588 g/mol. The van der Waals surface area contributed by atoms with E-state index in [1.165, 1.54) is 18.4 Å². The molecular weight excluding hydrogens is 556 g/mol. The number of ether oxygens (including phenoxy) is 2. The van der Waals surface area contributed by atoms with Crippen LogP contribution in [0.15, 0.2) is 70.6 Å². The number of carbonyl (C=O) groups excluding carboxylic acids is 2. The lowest BCUT2D eigenvalue weighted by Crippen LogP contribution is -2.61. The van der Waals surface area contributed by atoms with E-state index in [2.05, 4.69) is 31.2 Å². The largest absolute Gasteiger partial charge is 0.468 e. The second kappa shape index (κ2) is 13.3. The van der Waals surface area contributed by atoms with Crippen molar-refractivity contribution in [2.45, 2.75) is 44.1 Å². The number of halogens is 1. The first kappa shape index (κ1) is 27.4. The monoisotopic (exact) mass is 586 g/mol. The van der Waals surface area contributed by atoms with Crippen molar-refractivity contribution in [2.75, 3.05) is 20.8 Å². The van der Waals surface area contributed by atoms with Crippen LogP contribution >= 0.6 is 27.3 Å². The molecule has 1 unspecified atom stereocenters. The molecule has 1 N–H and O–H groups in total. The zero-order chi connectivity index (χ0) is 26.2. The van der Waals surface area contributed by atoms with E-state index < -0.39 is 18.2 Å². The molecule has 196 valence electrons. The highest BCUT2D eigenvalue weighted by atomic mass is 79.9. The Morgan fingerprint density at radius 2 is 1.73 bits per heavy atom. The summed E-state index contributed by atoms with van der Waals surface area (Å²) >= 11 is 4.88. The topological polar surface area (TPSA) is 84.0 Å². The SMILES string of the molecule is COC(=O)[C@@H]1CCCN(C(=O)C([C@H](OC)c2nc(Br)cs2)N(Cc2ccccc2)Cc2ccccc2)N1. The Bertz CT molecular complexity index is 1120. The standard InChI is InChI=1S/C27H31BrN4O4S/c1-35-24(25-29-22(28)18-37-25)23(26(33)32-15-9-14-21(30-32)27(34)36-2)31(16-19-10-5-3-6-11-19)17-20-12-7-4-8-13-20/h3-8,10-13,18,21,23-24,30H,9,14-17H2,1-2H3/t21-,23?,24-/m0/s1. The van der Waals surface area contributed by atoms with Gasteiger partial charge in [0, 0.05) is 32.1 Å². The van der Waals surface area contributed by atoms with Crippen LogP contribution in [-0.4, -0.2) is 59.6 Å². The molecule has 1 fully saturated rings. The zero-order valence-electron chi connectivity index (χ0n) is 20.9. The van der Waals surface area contributed by atoms with Gasteiger partial charge >= 0.3 is 5.97 Å². The molecule has 3 atom stereocenters. The van der Waals surface area contributed by atoms with E-state index in [1.807, 2.05) is 66.0 Å². The van der Waals surface area contributed by atoms with E-state index in [1.54, 1.807) is 12.1 Å². The van der Waals surface area contributed by atoms with E-state index >= 15 is 0 Å². The van der Waals surface area contributed by atoms with Gasteiger partial charge in [-0.25, -0.2) is 10.4 Å². The van der Waals surface area contributed by atoms with Crippen molar-refractivity contribution in [1.82, 2.24) is 20.3 Å². The maximum Gasteiger partial charge on any atom is 0.324 e. The van der Waals surface area contributed by atoms with Crippen LogP contribution in [0, 0.1) is 0 Å². The second-order valence-electron chi connectivity index (χ2n) is 8.82. The summed E-state index contributed by atoms with van der Waals surface area (Å²) in [5.41, 5.74) is 5.25. The number of hydrogen-bond acceptors (Lipinski definition) is 8. The Morgan fingerprint density at radius 3 is 2.24 bits per heavy atom. The summed E-state index contributed by atoms with van der Waals surface area (Å²) in [7, 11) is 2.96. The van der Waals surface area contributed by atoms with Crippen molar-refractivity contribution in [1.29, 1.82) is 0 Å². The predicted octanol–water partition coefficient (Wildman–Crippen LogP) is 4.33. The molecular formula is C27H31BrN4O4S. The van der Waals surface area contributed by atoms with Crippen LogP contribution in [0.5, 0.6) is 0 Å². The maximum absolute atomic E-state index is 14.3. The summed E-state index contributed by atoms with van der Waals surface area (Å²) in [6, 6.07) is 18.8. The zero-order valence-corrected chi connectivity index (χ0v) is 23.3. The number of hydrogen-bond donors (Lipinski definition) is 1. The number of nitrogens with one attached hydrogen (secondary N) is 1. The van der Waals surface area contributed by atoms with Crippen molar-refractivity contribution in [3.05, 3.63) is 86.8 Å². The molecule has 3 aromatic rings. The fraction of sp³-hybridized carbons (Fsp3) is 0.370. The number of nitrogens with zero attached hydrogens (tertiary/aromatic N) is 3. The van der Waals surface area contributed by atoms with Gasteiger partial charge in [-0.1, -0.05) is 60.7 Å². The van der Waals surface area contributed by atoms with Crippen LogP contribution in [0.25, 0.3) is 0 Å². The van der Waals surface area contributed by atoms with E-state index in [0.717, 1.165) is 11.1 Å². The minimum atomic E-state index is -0.715. The van der Waals surface area contributed by atoms with Crippen LogP contribution in [0.3, 0.4) is 0 Å². The van der Waals surface area contributed by atoms with E-state index in [4.69, 9.17) is 9.47 Å². The fourth-order valence-electron chi connectivity index (χ4n) is 4.55. The molecule has 4 rings (SSSR count). The van der Waals surface area contributed by atoms with Crippen LogP contribution < -0.4 is 5.43 Å². The number of carbonyl (C=O) groups is 2. The third kappa shape index (κ3) is 7.03. The first-order valence-electron chi connectivity index (χ1n) is 12.1. The highest BCUT2D eigenvalue weighted by Gasteiger charge is 2.41. The van der Waals surface area contributed by atoms with Crippen molar-refractivity contribution >= 4 is 39.1 Å². The van der Waals surface area contributed by atoms with E-state index in [9.17, 15) is 9.59 Å². The fourth-order valence-corrected chi connectivity index (χ4v) is 5.91. The van der Waals surface area contributed by atoms with E-state index in [0.29, 0.717) is 42.1 Å². The molecule has 0 spiro atoms. The maximum atomic E-state index is 14.3. The van der Waals surface area contributed by atoms with E-state index in [-0.39, 0.29) is 11.9 Å². The summed E-state index contributed by atoms with van der Waals surface area (Å²) < 4.78 is 11.6. The first-order chi connectivity index (χ1) is 18.0. The number of esters is 1. The number of thiazole rings is 1. The van der Waals surface area contributed by atoms with Gasteiger partial charge in [0.15, 0.2) is 0 Å². The Morgan fingerprint density at radius 1 is 1.11 bits per heavy atom. The normalized spacial score (nSPS) is 17.4. The van der Waals surface area contributed by atoms with Crippen molar-refractivity contribution < 1.29 is 19.1 Å².